The minimum absolute atomic E-state index is 0.460. The van der Waals surface area contributed by atoms with Crippen molar-refractivity contribution < 1.29 is 9.15 Å². The highest BCUT2D eigenvalue weighted by Gasteiger charge is 2.07. The number of benzene rings is 1. The van der Waals surface area contributed by atoms with Crippen LogP contribution >= 0.6 is 11.6 Å². The molecule has 1 aromatic heterocycles. The van der Waals surface area contributed by atoms with Crippen molar-refractivity contribution in [1.82, 2.24) is 5.32 Å². The molecule has 0 saturated heterocycles. The molecule has 4 heteroatoms. The predicted molar refractivity (Wildman–Crippen MR) is 80.7 cm³/mol. The van der Waals surface area contributed by atoms with Gasteiger partial charge in [0.05, 0.1) is 12.9 Å². The van der Waals surface area contributed by atoms with Crippen molar-refractivity contribution in [3.63, 3.8) is 0 Å². The van der Waals surface area contributed by atoms with Crippen LogP contribution in [0.2, 0.25) is 5.02 Å². The van der Waals surface area contributed by atoms with Gasteiger partial charge in [-0.25, -0.2) is 0 Å². The molecule has 1 heterocycles. The Morgan fingerprint density at radius 1 is 1.15 bits per heavy atom. The molecule has 0 amide bonds. The average molecular weight is 294 g/mol. The average Bonchev–Trinajstić information content (AvgIpc) is 2.89. The van der Waals surface area contributed by atoms with E-state index in [9.17, 15) is 0 Å². The second-order valence-corrected chi connectivity index (χ2v) is 5.04. The molecule has 0 saturated carbocycles. The Hall–Kier alpha value is -1.29. The minimum Gasteiger partial charge on any atom is -0.467 e. The highest BCUT2D eigenvalue weighted by atomic mass is 35.5. The van der Waals surface area contributed by atoms with Crippen LogP contribution in [0.1, 0.15) is 30.2 Å². The number of ether oxygens (including phenoxy) is 1. The summed E-state index contributed by atoms with van der Waals surface area (Å²) in [6.07, 6.45) is 2.83. The maximum absolute atomic E-state index is 6.09. The van der Waals surface area contributed by atoms with E-state index in [1.165, 1.54) is 0 Å². The molecule has 108 valence electrons. The molecule has 0 aliphatic rings. The predicted octanol–water partition coefficient (Wildman–Crippen LogP) is 4.15. The molecule has 3 nitrogen and oxygen atoms in total. The van der Waals surface area contributed by atoms with Crippen molar-refractivity contribution in [2.24, 2.45) is 0 Å². The van der Waals surface area contributed by atoms with E-state index in [1.54, 1.807) is 6.26 Å². The topological polar surface area (TPSA) is 34.4 Å². The summed E-state index contributed by atoms with van der Waals surface area (Å²) in [4.78, 5) is 0. The summed E-state index contributed by atoms with van der Waals surface area (Å²) in [5.41, 5.74) is 2.14. The van der Waals surface area contributed by atoms with Gasteiger partial charge in [-0.15, -0.1) is 0 Å². The molecule has 0 fully saturated rings. The molecule has 2 rings (SSSR count). The molecule has 20 heavy (non-hydrogen) atoms. The number of hydrogen-bond donors (Lipinski definition) is 1. The SMILES string of the molecule is CCCNCc1ccoc1COCc1ccccc1Cl. The summed E-state index contributed by atoms with van der Waals surface area (Å²) >= 11 is 6.09. The number of halogens is 1. The molecule has 1 N–H and O–H groups in total. The summed E-state index contributed by atoms with van der Waals surface area (Å²) in [6.45, 7) is 4.92. The van der Waals surface area contributed by atoms with Crippen molar-refractivity contribution >= 4 is 11.6 Å². The second kappa shape index (κ2) is 8.10. The van der Waals surface area contributed by atoms with Gasteiger partial charge in [0.2, 0.25) is 0 Å². The Balaban J connectivity index is 1.82. The molecule has 0 atom stereocenters. The quantitative estimate of drug-likeness (QED) is 0.743. The number of furan rings is 1. The van der Waals surface area contributed by atoms with Gasteiger partial charge < -0.3 is 14.5 Å². The first kappa shape index (κ1) is 15.1. The van der Waals surface area contributed by atoms with Crippen LogP contribution in [0.25, 0.3) is 0 Å². The summed E-state index contributed by atoms with van der Waals surface area (Å²) < 4.78 is 11.2. The van der Waals surface area contributed by atoms with Gasteiger partial charge in [-0.2, -0.15) is 0 Å². The van der Waals surface area contributed by atoms with Crippen molar-refractivity contribution in [2.75, 3.05) is 6.54 Å². The van der Waals surface area contributed by atoms with Gasteiger partial charge in [0.25, 0.3) is 0 Å². The summed E-state index contributed by atoms with van der Waals surface area (Å²) in [5.74, 6) is 0.876. The Labute approximate surface area is 124 Å². The fourth-order valence-electron chi connectivity index (χ4n) is 1.92. The highest BCUT2D eigenvalue weighted by Crippen LogP contribution is 2.17. The maximum atomic E-state index is 6.09. The summed E-state index contributed by atoms with van der Waals surface area (Å²) in [5, 5.41) is 4.09. The molecular weight excluding hydrogens is 274 g/mol. The first-order valence-electron chi connectivity index (χ1n) is 6.88. The fourth-order valence-corrected chi connectivity index (χ4v) is 2.11. The van der Waals surface area contributed by atoms with Crippen LogP contribution in [0, 0.1) is 0 Å². The molecule has 0 radical (unpaired) electrons. The van der Waals surface area contributed by atoms with Gasteiger partial charge in [-0.3, -0.25) is 0 Å². The Morgan fingerprint density at radius 2 is 2.00 bits per heavy atom. The second-order valence-electron chi connectivity index (χ2n) is 4.63. The van der Waals surface area contributed by atoms with Crippen LogP contribution in [-0.2, 0) is 24.5 Å². The number of hydrogen-bond acceptors (Lipinski definition) is 3. The van der Waals surface area contributed by atoms with Gasteiger partial charge in [0, 0.05) is 17.1 Å². The smallest absolute Gasteiger partial charge is 0.133 e. The van der Waals surface area contributed by atoms with Gasteiger partial charge in [-0.1, -0.05) is 36.7 Å². The lowest BCUT2D eigenvalue weighted by Gasteiger charge is -2.07. The molecule has 0 spiro atoms. The van der Waals surface area contributed by atoms with Gasteiger partial charge >= 0.3 is 0 Å². The Morgan fingerprint density at radius 3 is 2.80 bits per heavy atom. The standard InChI is InChI=1S/C16H20ClNO2/c1-2-8-18-10-13-7-9-20-16(13)12-19-11-14-5-3-4-6-15(14)17/h3-7,9,18H,2,8,10-12H2,1H3. The molecule has 0 unspecified atom stereocenters. The van der Waals surface area contributed by atoms with E-state index in [1.807, 2.05) is 30.3 Å². The lowest BCUT2D eigenvalue weighted by atomic mass is 10.2. The molecule has 0 bridgehead atoms. The first-order chi connectivity index (χ1) is 9.81. The van der Waals surface area contributed by atoms with E-state index in [0.717, 1.165) is 41.4 Å². The van der Waals surface area contributed by atoms with E-state index < -0.39 is 0 Å². The van der Waals surface area contributed by atoms with Crippen LogP contribution in [0.5, 0.6) is 0 Å². The van der Waals surface area contributed by atoms with Crippen molar-refractivity contribution in [2.45, 2.75) is 33.1 Å². The Bertz CT molecular complexity index is 525. The van der Waals surface area contributed by atoms with Gasteiger partial charge in [-0.05, 0) is 30.7 Å². The maximum Gasteiger partial charge on any atom is 0.133 e. The monoisotopic (exact) mass is 293 g/mol. The zero-order valence-electron chi connectivity index (χ0n) is 11.7. The van der Waals surface area contributed by atoms with Crippen LogP contribution in [0.3, 0.4) is 0 Å². The summed E-state index contributed by atoms with van der Waals surface area (Å²) in [7, 11) is 0. The number of nitrogens with one attached hydrogen (secondary N) is 1. The summed E-state index contributed by atoms with van der Waals surface area (Å²) in [6, 6.07) is 9.69. The lowest BCUT2D eigenvalue weighted by Crippen LogP contribution is -2.14. The Kier molecular flexibility index (Phi) is 6.12. The van der Waals surface area contributed by atoms with E-state index in [2.05, 4.69) is 12.2 Å². The van der Waals surface area contributed by atoms with E-state index in [-0.39, 0.29) is 0 Å². The first-order valence-corrected chi connectivity index (χ1v) is 7.26. The largest absolute Gasteiger partial charge is 0.467 e. The third-order valence-electron chi connectivity index (χ3n) is 3.03. The van der Waals surface area contributed by atoms with Crippen molar-refractivity contribution in [1.29, 1.82) is 0 Å². The molecule has 0 aliphatic carbocycles. The van der Waals surface area contributed by atoms with Gasteiger partial charge in [0.1, 0.15) is 12.4 Å². The van der Waals surface area contributed by atoms with E-state index in [0.29, 0.717) is 13.2 Å². The van der Waals surface area contributed by atoms with Crippen LogP contribution in [0.4, 0.5) is 0 Å². The molecular formula is C16H20ClNO2. The zero-order chi connectivity index (χ0) is 14.2. The van der Waals surface area contributed by atoms with Gasteiger partial charge in [0.15, 0.2) is 0 Å². The lowest BCUT2D eigenvalue weighted by molar-refractivity contribution is 0.0922. The molecule has 0 aliphatic heterocycles. The number of rotatable bonds is 8. The van der Waals surface area contributed by atoms with Crippen LogP contribution < -0.4 is 5.32 Å². The van der Waals surface area contributed by atoms with Crippen LogP contribution in [0.15, 0.2) is 41.0 Å². The third-order valence-corrected chi connectivity index (χ3v) is 3.40. The van der Waals surface area contributed by atoms with Crippen LogP contribution in [-0.4, -0.2) is 6.54 Å². The fraction of sp³-hybridized carbons (Fsp3) is 0.375. The van der Waals surface area contributed by atoms with Crippen molar-refractivity contribution in [3.05, 3.63) is 58.5 Å². The molecule has 1 aromatic carbocycles. The van der Waals surface area contributed by atoms with E-state index in [4.69, 9.17) is 20.8 Å². The minimum atomic E-state index is 0.460. The zero-order valence-corrected chi connectivity index (χ0v) is 12.5. The third kappa shape index (κ3) is 4.37. The molecule has 2 aromatic rings. The normalized spacial score (nSPS) is 10.9. The van der Waals surface area contributed by atoms with E-state index >= 15 is 0 Å². The highest BCUT2D eigenvalue weighted by molar-refractivity contribution is 6.31. The van der Waals surface area contributed by atoms with Crippen molar-refractivity contribution in [3.8, 4) is 0 Å².